The zero-order valence-electron chi connectivity index (χ0n) is 15.2. The Bertz CT molecular complexity index is 620. The number of hydrogen-bond donors (Lipinski definition) is 2. The van der Waals surface area contributed by atoms with E-state index in [4.69, 9.17) is 11.6 Å². The van der Waals surface area contributed by atoms with Gasteiger partial charge >= 0.3 is 0 Å². The fourth-order valence-electron chi connectivity index (χ4n) is 3.31. The van der Waals surface area contributed by atoms with Crippen molar-refractivity contribution in [2.75, 3.05) is 19.6 Å². The van der Waals surface area contributed by atoms with Crippen molar-refractivity contribution < 1.29 is 8.42 Å². The van der Waals surface area contributed by atoms with Gasteiger partial charge in [-0.15, -0.1) is 0 Å². The first kappa shape index (κ1) is 20.6. The van der Waals surface area contributed by atoms with Gasteiger partial charge in [0.05, 0.1) is 0 Å². The molecule has 2 rings (SSSR count). The van der Waals surface area contributed by atoms with Gasteiger partial charge in [-0.05, 0) is 55.8 Å². The largest absolute Gasteiger partial charge is 0.300 e. The number of benzene rings is 1. The maximum Gasteiger partial charge on any atom is 0.277 e. The summed E-state index contributed by atoms with van der Waals surface area (Å²) < 4.78 is 29.2. The van der Waals surface area contributed by atoms with Gasteiger partial charge in [0.15, 0.2) is 0 Å². The van der Waals surface area contributed by atoms with Crippen molar-refractivity contribution in [3.63, 3.8) is 0 Å². The molecule has 0 saturated carbocycles. The van der Waals surface area contributed by atoms with Gasteiger partial charge in [-0.3, -0.25) is 0 Å². The second-order valence-corrected chi connectivity index (χ2v) is 9.19. The Morgan fingerprint density at radius 3 is 2.64 bits per heavy atom. The molecule has 0 spiro atoms. The van der Waals surface area contributed by atoms with Crippen molar-refractivity contribution in [1.82, 2.24) is 14.3 Å². The molecule has 1 saturated heterocycles. The fourth-order valence-corrected chi connectivity index (χ4v) is 4.31. The third-order valence-corrected chi connectivity index (χ3v) is 5.85. The summed E-state index contributed by atoms with van der Waals surface area (Å²) in [5.41, 5.74) is 0.880. The molecule has 1 fully saturated rings. The molecule has 1 aliphatic rings. The maximum atomic E-state index is 12.0. The summed E-state index contributed by atoms with van der Waals surface area (Å²) in [4.78, 5) is 2.55. The van der Waals surface area contributed by atoms with Crippen LogP contribution in [0.15, 0.2) is 24.3 Å². The van der Waals surface area contributed by atoms with Crippen LogP contribution in [0.2, 0.25) is 5.02 Å². The number of likely N-dealkylation sites (tertiary alicyclic amines) is 1. The van der Waals surface area contributed by atoms with E-state index < -0.39 is 10.2 Å². The molecule has 1 atom stereocenters. The SMILES string of the molecule is CC(C)CN1CCC[C@H]1CCCNS(=O)(=O)NCc1ccc(Cl)cc1. The Morgan fingerprint density at radius 1 is 1.24 bits per heavy atom. The summed E-state index contributed by atoms with van der Waals surface area (Å²) in [7, 11) is -3.46. The topological polar surface area (TPSA) is 61.4 Å². The van der Waals surface area contributed by atoms with Crippen LogP contribution in [-0.2, 0) is 16.8 Å². The van der Waals surface area contributed by atoms with Crippen molar-refractivity contribution in [2.24, 2.45) is 5.92 Å². The van der Waals surface area contributed by atoms with Crippen molar-refractivity contribution in [1.29, 1.82) is 0 Å². The van der Waals surface area contributed by atoms with Crippen molar-refractivity contribution >= 4 is 21.8 Å². The van der Waals surface area contributed by atoms with Crippen LogP contribution in [0.3, 0.4) is 0 Å². The Hall–Kier alpha value is -0.660. The van der Waals surface area contributed by atoms with Gasteiger partial charge < -0.3 is 4.90 Å². The highest BCUT2D eigenvalue weighted by Gasteiger charge is 2.24. The minimum Gasteiger partial charge on any atom is -0.300 e. The van der Waals surface area contributed by atoms with Crippen LogP contribution < -0.4 is 9.44 Å². The van der Waals surface area contributed by atoms with Crippen molar-refractivity contribution in [3.05, 3.63) is 34.9 Å². The number of rotatable bonds is 10. The van der Waals surface area contributed by atoms with E-state index in [1.807, 2.05) is 12.1 Å². The lowest BCUT2D eigenvalue weighted by Gasteiger charge is -2.26. The molecular weight excluding hydrogens is 358 g/mol. The molecule has 7 heteroatoms. The lowest BCUT2D eigenvalue weighted by atomic mass is 10.1. The van der Waals surface area contributed by atoms with Gasteiger partial charge in [0.25, 0.3) is 10.2 Å². The Kier molecular flexibility index (Phi) is 8.16. The summed E-state index contributed by atoms with van der Waals surface area (Å²) in [6.07, 6.45) is 4.40. The summed E-state index contributed by atoms with van der Waals surface area (Å²) >= 11 is 5.82. The van der Waals surface area contributed by atoms with Crippen LogP contribution in [-0.4, -0.2) is 39.0 Å². The lowest BCUT2D eigenvalue weighted by molar-refractivity contribution is 0.215. The Labute approximate surface area is 157 Å². The summed E-state index contributed by atoms with van der Waals surface area (Å²) in [6.45, 7) is 7.54. The molecule has 1 aromatic carbocycles. The highest BCUT2D eigenvalue weighted by Crippen LogP contribution is 2.22. The van der Waals surface area contributed by atoms with Gasteiger partial charge in [0.1, 0.15) is 0 Å². The van der Waals surface area contributed by atoms with Crippen LogP contribution in [0, 0.1) is 5.92 Å². The van der Waals surface area contributed by atoms with Crippen LogP contribution in [0.1, 0.15) is 45.1 Å². The molecule has 0 unspecified atom stereocenters. The number of nitrogens with zero attached hydrogens (tertiary/aromatic N) is 1. The molecule has 0 aliphatic carbocycles. The summed E-state index contributed by atoms with van der Waals surface area (Å²) in [5, 5.41) is 0.642. The normalized spacial score (nSPS) is 19.0. The zero-order chi connectivity index (χ0) is 18.3. The summed E-state index contributed by atoms with van der Waals surface area (Å²) in [6, 6.07) is 7.74. The second-order valence-electron chi connectivity index (χ2n) is 7.17. The quantitative estimate of drug-likeness (QED) is 0.606. The smallest absolute Gasteiger partial charge is 0.277 e. The molecule has 2 N–H and O–H groups in total. The first-order chi connectivity index (χ1) is 11.9. The van der Waals surface area contributed by atoms with E-state index >= 15 is 0 Å². The molecule has 0 amide bonds. The number of nitrogens with one attached hydrogen (secondary N) is 2. The van der Waals surface area contributed by atoms with E-state index in [1.165, 1.54) is 19.4 Å². The van der Waals surface area contributed by atoms with E-state index in [0.717, 1.165) is 24.9 Å². The molecule has 1 heterocycles. The van der Waals surface area contributed by atoms with Crippen LogP contribution in [0.5, 0.6) is 0 Å². The molecular formula is C18H30ClN3O2S. The highest BCUT2D eigenvalue weighted by molar-refractivity contribution is 7.87. The van der Waals surface area contributed by atoms with E-state index in [-0.39, 0.29) is 6.54 Å². The fraction of sp³-hybridized carbons (Fsp3) is 0.667. The molecule has 1 aromatic rings. The molecule has 25 heavy (non-hydrogen) atoms. The molecule has 0 radical (unpaired) electrons. The second kappa shape index (κ2) is 9.88. The first-order valence-corrected chi connectivity index (χ1v) is 10.9. The van der Waals surface area contributed by atoms with Gasteiger partial charge in [-0.1, -0.05) is 37.6 Å². The van der Waals surface area contributed by atoms with Gasteiger partial charge in [-0.2, -0.15) is 13.1 Å². The van der Waals surface area contributed by atoms with Gasteiger partial charge in [0, 0.05) is 30.7 Å². The molecule has 0 aromatic heterocycles. The standard InChI is InChI=1S/C18H30ClN3O2S/c1-15(2)14-22-12-4-6-18(22)5-3-11-20-25(23,24)21-13-16-7-9-17(19)10-8-16/h7-10,15,18,20-21H,3-6,11-14H2,1-2H3/t18-/m1/s1. The van der Waals surface area contributed by atoms with Crippen LogP contribution in [0.25, 0.3) is 0 Å². The lowest BCUT2D eigenvalue weighted by Crippen LogP contribution is -2.37. The molecule has 5 nitrogen and oxygen atoms in total. The van der Waals surface area contributed by atoms with E-state index in [9.17, 15) is 8.42 Å². The van der Waals surface area contributed by atoms with E-state index in [1.54, 1.807) is 12.1 Å². The number of hydrogen-bond acceptors (Lipinski definition) is 3. The van der Waals surface area contributed by atoms with Crippen molar-refractivity contribution in [3.8, 4) is 0 Å². The highest BCUT2D eigenvalue weighted by atomic mass is 35.5. The van der Waals surface area contributed by atoms with Crippen molar-refractivity contribution in [2.45, 2.75) is 52.1 Å². The molecule has 142 valence electrons. The third-order valence-electron chi connectivity index (χ3n) is 4.48. The maximum absolute atomic E-state index is 12.0. The van der Waals surface area contributed by atoms with Gasteiger partial charge in [0.2, 0.25) is 0 Å². The summed E-state index contributed by atoms with van der Waals surface area (Å²) in [5.74, 6) is 0.677. The predicted molar refractivity (Wildman–Crippen MR) is 104 cm³/mol. The average molecular weight is 388 g/mol. The minimum atomic E-state index is -3.46. The monoisotopic (exact) mass is 387 g/mol. The Morgan fingerprint density at radius 2 is 1.96 bits per heavy atom. The predicted octanol–water partition coefficient (Wildman–Crippen LogP) is 3.16. The Balaban J connectivity index is 1.67. The van der Waals surface area contributed by atoms with E-state index in [2.05, 4.69) is 28.2 Å². The molecule has 1 aliphatic heterocycles. The minimum absolute atomic E-state index is 0.261. The van der Waals surface area contributed by atoms with Gasteiger partial charge in [-0.25, -0.2) is 4.72 Å². The average Bonchev–Trinajstić information content (AvgIpc) is 2.97. The third kappa shape index (κ3) is 7.62. The van der Waals surface area contributed by atoms with E-state index in [0.29, 0.717) is 23.5 Å². The molecule has 0 bridgehead atoms. The van der Waals surface area contributed by atoms with Crippen LogP contribution in [0.4, 0.5) is 0 Å². The van der Waals surface area contributed by atoms with Crippen LogP contribution >= 0.6 is 11.6 Å². The first-order valence-electron chi connectivity index (χ1n) is 9.08. The zero-order valence-corrected chi connectivity index (χ0v) is 16.7. The number of halogens is 1.